The van der Waals surface area contributed by atoms with Crippen LogP contribution in [0.2, 0.25) is 0 Å². The third-order valence-corrected chi connectivity index (χ3v) is 16.1. The number of ether oxygens (including phenoxy) is 3. The predicted molar refractivity (Wildman–Crippen MR) is 257 cm³/mol. The molecular weight excluding hydrogens is 861 g/mol. The molecule has 0 radical (unpaired) electrons. The summed E-state index contributed by atoms with van der Waals surface area (Å²) < 4.78 is 15.3. The van der Waals surface area contributed by atoms with Gasteiger partial charge in [0.25, 0.3) is 0 Å². The Hall–Kier alpha value is -6.22. The topological polar surface area (TPSA) is 184 Å². The van der Waals surface area contributed by atoms with Gasteiger partial charge in [0, 0.05) is 19.2 Å². The molecule has 3 aliphatic carbocycles. The van der Waals surface area contributed by atoms with Crippen LogP contribution < -0.4 is 10.6 Å². The number of H-pyrrole nitrogens is 2. The molecule has 2 aliphatic heterocycles. The summed E-state index contributed by atoms with van der Waals surface area (Å²) in [6.45, 7) is 7.70. The first kappa shape index (κ1) is 45.6. The Morgan fingerprint density at radius 2 is 1.34 bits per heavy atom. The smallest absolute Gasteiger partial charge is 0.407 e. The SMILES string of the molecule is COC(=O)NC(C(=O)N1[C@@H](C)CC[C@H]1c1nc2ccc(-c3ccc(-c4ccc(-c5cnc([C@@H]6C[C@@H]7CCC[C@@H]7N6C(=O)[C@@H](NC(=O)OC)[C@@H](C)OC)[nH]5)cc4)c4c3C3CCC4C3)cc2[nH]1)C(C)C. The molecule has 2 saturated heterocycles. The highest BCUT2D eigenvalue weighted by Gasteiger charge is 2.50. The molecule has 2 saturated carbocycles. The lowest BCUT2D eigenvalue weighted by Gasteiger charge is -2.34. The summed E-state index contributed by atoms with van der Waals surface area (Å²) in [5.74, 6) is 2.49. The molecule has 3 aromatic carbocycles. The van der Waals surface area contributed by atoms with E-state index in [9.17, 15) is 19.2 Å². The molecule has 5 aliphatic rings. The minimum absolute atomic E-state index is 0.00129. The van der Waals surface area contributed by atoms with Gasteiger partial charge in [-0.2, -0.15) is 0 Å². The van der Waals surface area contributed by atoms with Crippen LogP contribution in [0.3, 0.4) is 0 Å². The number of carbonyl (C=O) groups excluding carboxylic acids is 4. The monoisotopic (exact) mass is 924 g/mol. The van der Waals surface area contributed by atoms with E-state index < -0.39 is 30.4 Å². The van der Waals surface area contributed by atoms with Gasteiger partial charge in [-0.3, -0.25) is 9.59 Å². The molecule has 4 N–H and O–H groups in total. The third kappa shape index (κ3) is 7.99. The lowest BCUT2D eigenvalue weighted by atomic mass is 9.81. The lowest BCUT2D eigenvalue weighted by Crippen LogP contribution is -2.55. The van der Waals surface area contributed by atoms with Crippen LogP contribution in [0, 0.1) is 11.8 Å². The van der Waals surface area contributed by atoms with Crippen LogP contribution in [0.25, 0.3) is 44.5 Å². The van der Waals surface area contributed by atoms with Gasteiger partial charge < -0.3 is 44.6 Å². The molecule has 10 rings (SSSR count). The molecule has 4 fully saturated rings. The maximum atomic E-state index is 14.3. The van der Waals surface area contributed by atoms with Gasteiger partial charge in [0.15, 0.2) is 0 Å². The van der Waals surface area contributed by atoms with Crippen LogP contribution in [0.4, 0.5) is 9.59 Å². The molecule has 2 aromatic heterocycles. The summed E-state index contributed by atoms with van der Waals surface area (Å²) in [7, 11) is 4.14. The van der Waals surface area contributed by atoms with E-state index >= 15 is 0 Å². The second kappa shape index (κ2) is 18.4. The second-order valence-electron chi connectivity index (χ2n) is 20.2. The quantitative estimate of drug-likeness (QED) is 0.0947. The zero-order valence-electron chi connectivity index (χ0n) is 40.1. The molecule has 358 valence electrons. The summed E-state index contributed by atoms with van der Waals surface area (Å²) in [5, 5.41) is 5.49. The minimum Gasteiger partial charge on any atom is -0.453 e. The van der Waals surface area contributed by atoms with Gasteiger partial charge in [-0.05, 0) is 140 Å². The number of nitrogens with one attached hydrogen (secondary N) is 4. The number of nitrogens with zero attached hydrogens (tertiary/aromatic N) is 4. The van der Waals surface area contributed by atoms with E-state index in [0.29, 0.717) is 17.8 Å². The lowest BCUT2D eigenvalue weighted by molar-refractivity contribution is -0.140. The second-order valence-corrected chi connectivity index (χ2v) is 20.2. The van der Waals surface area contributed by atoms with Gasteiger partial charge in [-0.15, -0.1) is 0 Å². The van der Waals surface area contributed by atoms with Crippen molar-refractivity contribution < 1.29 is 33.4 Å². The van der Waals surface area contributed by atoms with Crippen LogP contribution in [-0.4, -0.2) is 105 Å². The van der Waals surface area contributed by atoms with Gasteiger partial charge in [0.05, 0.1) is 55.3 Å². The Labute approximate surface area is 397 Å². The number of benzene rings is 3. The van der Waals surface area contributed by atoms with Crippen molar-refractivity contribution >= 4 is 35.0 Å². The summed E-state index contributed by atoms with van der Waals surface area (Å²) in [6.07, 6.45) is 9.06. The molecule has 3 unspecified atom stereocenters. The molecule has 5 aromatic rings. The number of rotatable bonds is 12. The normalized spacial score (nSPS) is 25.1. The van der Waals surface area contributed by atoms with E-state index in [1.54, 1.807) is 6.92 Å². The van der Waals surface area contributed by atoms with Gasteiger partial charge in [-0.1, -0.05) is 62.7 Å². The molecular formula is C53H64N8O7. The fourth-order valence-electron chi connectivity index (χ4n) is 12.6. The summed E-state index contributed by atoms with van der Waals surface area (Å²) in [5.41, 5.74) is 11.5. The van der Waals surface area contributed by atoms with Crippen LogP contribution in [-0.2, 0) is 23.8 Å². The number of likely N-dealkylation sites (tertiary alicyclic amines) is 2. The molecule has 15 nitrogen and oxygen atoms in total. The van der Waals surface area contributed by atoms with Gasteiger partial charge in [0.2, 0.25) is 11.8 Å². The zero-order chi connectivity index (χ0) is 47.5. The number of methoxy groups -OCH3 is 3. The van der Waals surface area contributed by atoms with E-state index in [4.69, 9.17) is 24.2 Å². The first-order chi connectivity index (χ1) is 32.9. The van der Waals surface area contributed by atoms with Crippen molar-refractivity contribution in [2.24, 2.45) is 11.8 Å². The van der Waals surface area contributed by atoms with Gasteiger partial charge in [0.1, 0.15) is 23.7 Å². The van der Waals surface area contributed by atoms with Crippen molar-refractivity contribution in [3.8, 4) is 33.5 Å². The average Bonchev–Trinajstić information content (AvgIpc) is 4.22. The Morgan fingerprint density at radius 1 is 0.691 bits per heavy atom. The summed E-state index contributed by atoms with van der Waals surface area (Å²) in [4.78, 5) is 73.8. The number of hydrogen-bond acceptors (Lipinski definition) is 9. The van der Waals surface area contributed by atoms with E-state index in [1.807, 2.05) is 29.8 Å². The first-order valence-corrected chi connectivity index (χ1v) is 24.6. The number of fused-ring (bicyclic) bond motifs is 7. The van der Waals surface area contributed by atoms with Gasteiger partial charge >= 0.3 is 12.2 Å². The van der Waals surface area contributed by atoms with Crippen molar-refractivity contribution in [1.29, 1.82) is 0 Å². The molecule has 4 amide bonds. The fraction of sp³-hybridized carbons (Fsp3) is 0.509. The number of alkyl carbamates (subject to hydrolysis) is 2. The number of hydrogen-bond donors (Lipinski definition) is 4. The van der Waals surface area contributed by atoms with Crippen LogP contribution >= 0.6 is 0 Å². The number of carbonyl (C=O) groups is 4. The van der Waals surface area contributed by atoms with Gasteiger partial charge in [-0.25, -0.2) is 19.6 Å². The Morgan fingerprint density at radius 3 is 2.01 bits per heavy atom. The minimum atomic E-state index is -0.893. The first-order valence-electron chi connectivity index (χ1n) is 24.6. The summed E-state index contributed by atoms with van der Waals surface area (Å²) in [6, 6.07) is 17.8. The van der Waals surface area contributed by atoms with E-state index in [2.05, 4.69) is 82.1 Å². The molecule has 15 heteroatoms. The van der Waals surface area contributed by atoms with E-state index in [1.165, 1.54) is 68.4 Å². The van der Waals surface area contributed by atoms with Crippen LogP contribution in [0.15, 0.2) is 60.8 Å². The predicted octanol–water partition coefficient (Wildman–Crippen LogP) is 9.29. The van der Waals surface area contributed by atoms with E-state index in [-0.39, 0.29) is 41.9 Å². The molecule has 2 bridgehead atoms. The largest absolute Gasteiger partial charge is 0.453 e. The Kier molecular flexibility index (Phi) is 12.3. The fourth-order valence-corrected chi connectivity index (χ4v) is 12.6. The highest BCUT2D eigenvalue weighted by atomic mass is 16.5. The third-order valence-electron chi connectivity index (χ3n) is 16.1. The van der Waals surface area contributed by atoms with Crippen molar-refractivity contribution in [2.75, 3.05) is 21.3 Å². The maximum Gasteiger partial charge on any atom is 0.407 e. The maximum absolute atomic E-state index is 14.3. The average molecular weight is 925 g/mol. The standard InChI is InChI=1S/C53H64N8O7/c1-27(2)46(58-52(64)67-6)50(62)60-28(3)11-22-42(60)49-55-38-21-18-32(24-39(38)56-49)37-20-19-36(44-34-16-17-35(23-34)45(37)44)30-12-14-31(15-13-30)40-26-54-48(57-40)43-25-33-9-8-10-41(33)61(43)51(63)47(29(4)66-5)59-53(65)68-7/h12-15,18-21,24,26-29,33-35,41-43,46-47H,8-11,16-17,22-23,25H2,1-7H3,(H,54,57)(H,55,56)(H,58,64)(H,59,65)/t28-,29+,33-,34?,35?,41-,42-,43-,46?,47-/m0/s1. The Bertz CT molecular complexity index is 2730. The van der Waals surface area contributed by atoms with Crippen molar-refractivity contribution in [3.63, 3.8) is 0 Å². The highest BCUT2D eigenvalue weighted by Crippen LogP contribution is 2.58. The molecule has 4 heterocycles. The van der Waals surface area contributed by atoms with Crippen molar-refractivity contribution in [3.05, 3.63) is 83.6 Å². The number of aromatic amines is 2. The molecule has 0 spiro atoms. The number of imidazole rings is 2. The Balaban J connectivity index is 0.901. The number of amides is 4. The zero-order valence-corrected chi connectivity index (χ0v) is 40.1. The van der Waals surface area contributed by atoms with Crippen molar-refractivity contribution in [1.82, 2.24) is 40.4 Å². The van der Waals surface area contributed by atoms with Crippen LogP contribution in [0.1, 0.15) is 132 Å². The van der Waals surface area contributed by atoms with Crippen LogP contribution in [0.5, 0.6) is 0 Å². The summed E-state index contributed by atoms with van der Waals surface area (Å²) >= 11 is 0. The van der Waals surface area contributed by atoms with Crippen molar-refractivity contribution in [2.45, 2.75) is 140 Å². The molecule has 68 heavy (non-hydrogen) atoms. The highest BCUT2D eigenvalue weighted by molar-refractivity contribution is 5.89. The number of aromatic nitrogens is 4. The van der Waals surface area contributed by atoms with E-state index in [0.717, 1.165) is 78.0 Å². The molecule has 10 atom stereocenters.